The zero-order valence-electron chi connectivity index (χ0n) is 18.6. The average Bonchev–Trinajstić information content (AvgIpc) is 2.68. The number of benzene rings is 1. The Hall–Kier alpha value is -1.66. The van der Waals surface area contributed by atoms with Crippen LogP contribution in [0.2, 0.25) is 0 Å². The summed E-state index contributed by atoms with van der Waals surface area (Å²) >= 11 is 5.80. The van der Waals surface area contributed by atoms with E-state index < -0.39 is 0 Å². The third-order valence-electron chi connectivity index (χ3n) is 5.43. The van der Waals surface area contributed by atoms with Crippen LogP contribution in [0, 0.1) is 0 Å². The Morgan fingerprint density at radius 3 is 2.34 bits per heavy atom. The number of thiocarbonyl (C=S) groups is 1. The van der Waals surface area contributed by atoms with E-state index in [1.54, 1.807) is 6.92 Å². The molecule has 29 heavy (non-hydrogen) atoms. The van der Waals surface area contributed by atoms with Gasteiger partial charge in [-0.25, -0.2) is 0 Å². The molecular formula is C23H37N3O2S. The summed E-state index contributed by atoms with van der Waals surface area (Å²) in [6.07, 6.45) is 3.06. The molecular weight excluding hydrogens is 382 g/mol. The third kappa shape index (κ3) is 7.59. The van der Waals surface area contributed by atoms with Crippen molar-refractivity contribution in [1.82, 2.24) is 9.80 Å². The fourth-order valence-electron chi connectivity index (χ4n) is 3.64. The maximum Gasteiger partial charge on any atom is 0.219 e. The predicted octanol–water partition coefficient (Wildman–Crippen LogP) is 4.63. The van der Waals surface area contributed by atoms with E-state index in [2.05, 4.69) is 62.2 Å². The van der Waals surface area contributed by atoms with Gasteiger partial charge < -0.3 is 19.9 Å². The van der Waals surface area contributed by atoms with Gasteiger partial charge in [0.2, 0.25) is 5.91 Å². The molecule has 0 bridgehead atoms. The van der Waals surface area contributed by atoms with Crippen LogP contribution < -0.4 is 5.32 Å². The molecule has 0 atom stereocenters. The van der Waals surface area contributed by atoms with Gasteiger partial charge in [-0.1, -0.05) is 26.0 Å². The minimum absolute atomic E-state index is 0.159. The highest BCUT2D eigenvalue weighted by molar-refractivity contribution is 7.80. The fraction of sp³-hybridized carbons (Fsp3) is 0.652. The van der Waals surface area contributed by atoms with Crippen molar-refractivity contribution in [2.24, 2.45) is 0 Å². The number of likely N-dealkylation sites (tertiary alicyclic amines) is 1. The average molecular weight is 420 g/mol. The van der Waals surface area contributed by atoms with Crippen LogP contribution in [0.4, 0.5) is 5.69 Å². The van der Waals surface area contributed by atoms with Gasteiger partial charge in [-0.3, -0.25) is 4.79 Å². The summed E-state index contributed by atoms with van der Waals surface area (Å²) in [6.45, 7) is 13.3. The minimum Gasteiger partial charge on any atom is -0.379 e. The van der Waals surface area contributed by atoms with Gasteiger partial charge in [0.15, 0.2) is 5.11 Å². The summed E-state index contributed by atoms with van der Waals surface area (Å²) in [6, 6.07) is 8.85. The van der Waals surface area contributed by atoms with Crippen molar-refractivity contribution < 1.29 is 9.53 Å². The van der Waals surface area contributed by atoms with Gasteiger partial charge in [-0.2, -0.15) is 0 Å². The Balaban J connectivity index is 2.00. The van der Waals surface area contributed by atoms with Crippen molar-refractivity contribution >= 4 is 28.9 Å². The fourth-order valence-corrected chi connectivity index (χ4v) is 4.00. The molecule has 0 aliphatic carbocycles. The summed E-state index contributed by atoms with van der Waals surface area (Å²) in [5.41, 5.74) is 2.34. The number of nitrogens with one attached hydrogen (secondary N) is 1. The van der Waals surface area contributed by atoms with Crippen LogP contribution in [-0.2, 0) is 9.53 Å². The zero-order valence-corrected chi connectivity index (χ0v) is 19.4. The van der Waals surface area contributed by atoms with Gasteiger partial charge in [-0.15, -0.1) is 0 Å². The highest BCUT2D eigenvalue weighted by Gasteiger charge is 2.27. The Bertz CT molecular complexity index is 653. The molecule has 1 fully saturated rings. The number of rotatable bonds is 8. The number of carbonyl (C=O) groups is 1. The standard InChI is InChI=1S/C23H37N3O2S/c1-17(2)20-7-9-21(10-8-20)24-23(29)26(13-6-16-28-18(3)4)22-11-14-25(15-12-22)19(5)27/h7-10,17-18,22H,6,11-16H2,1-5H3,(H,24,29). The van der Waals surface area contributed by atoms with Crippen molar-refractivity contribution in [2.45, 2.75) is 71.9 Å². The van der Waals surface area contributed by atoms with Crippen LogP contribution in [0.15, 0.2) is 24.3 Å². The summed E-state index contributed by atoms with van der Waals surface area (Å²) in [5, 5.41) is 4.18. The van der Waals surface area contributed by atoms with Crippen LogP contribution in [0.5, 0.6) is 0 Å². The van der Waals surface area contributed by atoms with E-state index in [4.69, 9.17) is 17.0 Å². The first-order valence-electron chi connectivity index (χ1n) is 10.8. The number of hydrogen-bond acceptors (Lipinski definition) is 3. The number of anilines is 1. The summed E-state index contributed by atoms with van der Waals surface area (Å²) in [4.78, 5) is 15.9. The maximum atomic E-state index is 11.7. The molecule has 0 saturated carbocycles. The first-order valence-corrected chi connectivity index (χ1v) is 11.2. The minimum atomic E-state index is 0.159. The maximum absolute atomic E-state index is 11.7. The van der Waals surface area contributed by atoms with E-state index in [1.165, 1.54) is 5.56 Å². The molecule has 0 unspecified atom stereocenters. The van der Waals surface area contributed by atoms with Crippen molar-refractivity contribution in [3.05, 3.63) is 29.8 Å². The molecule has 1 N–H and O–H groups in total. The lowest BCUT2D eigenvalue weighted by atomic mass is 10.0. The Morgan fingerprint density at radius 2 is 1.83 bits per heavy atom. The van der Waals surface area contributed by atoms with E-state index in [-0.39, 0.29) is 12.0 Å². The smallest absolute Gasteiger partial charge is 0.219 e. The van der Waals surface area contributed by atoms with Gasteiger partial charge in [0.05, 0.1) is 6.10 Å². The van der Waals surface area contributed by atoms with Gasteiger partial charge in [-0.05, 0) is 68.9 Å². The highest BCUT2D eigenvalue weighted by Crippen LogP contribution is 2.21. The van der Waals surface area contributed by atoms with Gasteiger partial charge in [0.25, 0.3) is 0 Å². The number of hydrogen-bond donors (Lipinski definition) is 1. The van der Waals surface area contributed by atoms with Crippen LogP contribution in [0.3, 0.4) is 0 Å². The van der Waals surface area contributed by atoms with Crippen LogP contribution in [-0.4, -0.2) is 59.2 Å². The van der Waals surface area contributed by atoms with Crippen molar-refractivity contribution in [2.75, 3.05) is 31.6 Å². The van der Waals surface area contributed by atoms with Gasteiger partial charge in [0.1, 0.15) is 0 Å². The van der Waals surface area contributed by atoms with Crippen LogP contribution in [0.1, 0.15) is 65.4 Å². The molecule has 162 valence electrons. The number of carbonyl (C=O) groups excluding carboxylic acids is 1. The second-order valence-corrected chi connectivity index (χ2v) is 8.80. The lowest BCUT2D eigenvalue weighted by Crippen LogP contribution is -2.50. The van der Waals surface area contributed by atoms with Gasteiger partial charge >= 0.3 is 0 Å². The predicted molar refractivity (Wildman–Crippen MR) is 124 cm³/mol. The Labute approximate surface area is 181 Å². The van der Waals surface area contributed by atoms with E-state index in [1.807, 2.05) is 4.90 Å². The molecule has 1 amide bonds. The molecule has 5 nitrogen and oxygen atoms in total. The highest BCUT2D eigenvalue weighted by atomic mass is 32.1. The second kappa shape index (κ2) is 11.5. The lowest BCUT2D eigenvalue weighted by molar-refractivity contribution is -0.130. The summed E-state index contributed by atoms with van der Waals surface area (Å²) in [5.74, 6) is 0.672. The van der Waals surface area contributed by atoms with Crippen molar-refractivity contribution in [3.63, 3.8) is 0 Å². The SMILES string of the molecule is CC(=O)N1CCC(N(CCCOC(C)C)C(=S)Nc2ccc(C(C)C)cc2)CC1. The zero-order chi connectivity index (χ0) is 21.4. The molecule has 1 aromatic rings. The summed E-state index contributed by atoms with van der Waals surface area (Å²) < 4.78 is 5.72. The Morgan fingerprint density at radius 1 is 1.21 bits per heavy atom. The molecule has 0 spiro atoms. The number of ether oxygens (including phenoxy) is 1. The molecule has 6 heteroatoms. The number of nitrogens with zero attached hydrogens (tertiary/aromatic N) is 2. The first-order chi connectivity index (χ1) is 13.8. The molecule has 1 aliphatic rings. The normalized spacial score (nSPS) is 15.1. The molecule has 0 aromatic heterocycles. The molecule has 1 aromatic carbocycles. The van der Waals surface area contributed by atoms with E-state index in [0.29, 0.717) is 12.0 Å². The third-order valence-corrected chi connectivity index (χ3v) is 5.77. The monoisotopic (exact) mass is 419 g/mol. The quantitative estimate of drug-likeness (QED) is 0.491. The molecule has 1 saturated heterocycles. The Kier molecular flexibility index (Phi) is 9.37. The van der Waals surface area contributed by atoms with Crippen molar-refractivity contribution in [1.29, 1.82) is 0 Å². The molecule has 1 heterocycles. The van der Waals surface area contributed by atoms with Crippen LogP contribution in [0.25, 0.3) is 0 Å². The van der Waals surface area contributed by atoms with Crippen LogP contribution >= 0.6 is 12.2 Å². The largest absolute Gasteiger partial charge is 0.379 e. The van der Waals surface area contributed by atoms with E-state index >= 15 is 0 Å². The molecule has 2 rings (SSSR count). The lowest BCUT2D eigenvalue weighted by Gasteiger charge is -2.39. The first kappa shape index (κ1) is 23.6. The van der Waals surface area contributed by atoms with E-state index in [0.717, 1.165) is 56.3 Å². The topological polar surface area (TPSA) is 44.8 Å². The van der Waals surface area contributed by atoms with Gasteiger partial charge in [0, 0.05) is 44.9 Å². The summed E-state index contributed by atoms with van der Waals surface area (Å²) in [7, 11) is 0. The van der Waals surface area contributed by atoms with Crippen molar-refractivity contribution in [3.8, 4) is 0 Å². The second-order valence-electron chi connectivity index (χ2n) is 8.41. The number of amides is 1. The van der Waals surface area contributed by atoms with E-state index in [9.17, 15) is 4.79 Å². The number of piperidine rings is 1. The molecule has 1 aliphatic heterocycles. The molecule has 0 radical (unpaired) electrons.